The van der Waals surface area contributed by atoms with Crippen LogP contribution in [-0.2, 0) is 0 Å². The van der Waals surface area contributed by atoms with Crippen LogP contribution in [-0.4, -0.2) is 31.1 Å². The molecule has 0 saturated carbocycles. The number of likely N-dealkylation sites (tertiary alicyclic amines) is 1. The molecule has 0 amide bonds. The molecule has 1 aliphatic heterocycles. The van der Waals surface area contributed by atoms with Crippen LogP contribution in [0.1, 0.15) is 55.8 Å². The summed E-state index contributed by atoms with van der Waals surface area (Å²) in [5, 5.41) is 3.70. The van der Waals surface area contributed by atoms with Crippen LogP contribution in [0.3, 0.4) is 0 Å². The summed E-state index contributed by atoms with van der Waals surface area (Å²) in [6, 6.07) is 7.31. The molecule has 118 valence electrons. The maximum absolute atomic E-state index is 3.70. The lowest BCUT2D eigenvalue weighted by atomic mass is 9.98. The monoisotopic (exact) mass is 288 g/mol. The van der Waals surface area contributed by atoms with Gasteiger partial charge in [0.1, 0.15) is 0 Å². The molecule has 1 aliphatic rings. The highest BCUT2D eigenvalue weighted by Gasteiger charge is 2.24. The van der Waals surface area contributed by atoms with Gasteiger partial charge in [-0.3, -0.25) is 0 Å². The summed E-state index contributed by atoms with van der Waals surface area (Å²) >= 11 is 0. The van der Waals surface area contributed by atoms with Crippen LogP contribution in [0, 0.1) is 19.8 Å². The first-order valence-corrected chi connectivity index (χ1v) is 8.66. The number of nitrogens with zero attached hydrogens (tertiary/aromatic N) is 1. The number of hydrogen-bond acceptors (Lipinski definition) is 2. The van der Waals surface area contributed by atoms with Gasteiger partial charge in [-0.2, -0.15) is 0 Å². The molecule has 2 heteroatoms. The fourth-order valence-electron chi connectivity index (χ4n) is 3.64. The average Bonchev–Trinajstić information content (AvgIpc) is 2.89. The maximum Gasteiger partial charge on any atom is 0.0451 e. The molecular formula is C19H32N2. The van der Waals surface area contributed by atoms with Gasteiger partial charge in [0.15, 0.2) is 0 Å². The number of hydrogen-bond donors (Lipinski definition) is 1. The largest absolute Gasteiger partial charge is 0.309 e. The fourth-order valence-corrected chi connectivity index (χ4v) is 3.64. The highest BCUT2D eigenvalue weighted by Crippen LogP contribution is 2.25. The highest BCUT2D eigenvalue weighted by molar-refractivity contribution is 5.33. The predicted octanol–water partition coefficient (Wildman–Crippen LogP) is 4.08. The summed E-state index contributed by atoms with van der Waals surface area (Å²) in [4.78, 5) is 2.66. The number of benzene rings is 1. The van der Waals surface area contributed by atoms with Crippen LogP contribution in [0.25, 0.3) is 0 Å². The van der Waals surface area contributed by atoms with E-state index in [0.29, 0.717) is 6.04 Å². The lowest BCUT2D eigenvalue weighted by Gasteiger charge is -2.26. The van der Waals surface area contributed by atoms with Crippen molar-refractivity contribution in [3.63, 3.8) is 0 Å². The molecule has 21 heavy (non-hydrogen) atoms. The molecule has 2 rings (SSSR count). The Labute approximate surface area is 130 Å². The van der Waals surface area contributed by atoms with E-state index in [1.165, 1.54) is 49.0 Å². The molecule has 2 nitrogen and oxygen atoms in total. The molecule has 1 saturated heterocycles. The van der Waals surface area contributed by atoms with Gasteiger partial charge in [0.25, 0.3) is 0 Å². The van der Waals surface area contributed by atoms with E-state index in [0.717, 1.165) is 19.0 Å². The average molecular weight is 288 g/mol. The van der Waals surface area contributed by atoms with Crippen LogP contribution in [0.2, 0.25) is 0 Å². The van der Waals surface area contributed by atoms with E-state index in [1.54, 1.807) is 0 Å². The van der Waals surface area contributed by atoms with Crippen LogP contribution >= 0.6 is 0 Å². The first-order valence-electron chi connectivity index (χ1n) is 8.66. The standard InChI is InChI=1S/C19H32N2/c1-5-7-17-10-11-21(13-17)14-19(20-6-2)18-12-15(3)8-9-16(18)4/h8-9,12,17,19-20H,5-7,10-11,13-14H2,1-4H3. The van der Waals surface area contributed by atoms with Gasteiger partial charge in [-0.05, 0) is 56.8 Å². The summed E-state index contributed by atoms with van der Waals surface area (Å²) < 4.78 is 0. The van der Waals surface area contributed by atoms with Crippen molar-refractivity contribution in [2.24, 2.45) is 5.92 Å². The number of aryl methyl sites for hydroxylation is 2. The van der Waals surface area contributed by atoms with E-state index in [1.807, 2.05) is 0 Å². The normalized spacial score (nSPS) is 20.9. The highest BCUT2D eigenvalue weighted by atomic mass is 15.2. The molecule has 0 spiro atoms. The zero-order valence-electron chi connectivity index (χ0n) is 14.3. The van der Waals surface area contributed by atoms with Gasteiger partial charge in [-0.25, -0.2) is 0 Å². The van der Waals surface area contributed by atoms with E-state index in [9.17, 15) is 0 Å². The van der Waals surface area contributed by atoms with Crippen molar-refractivity contribution in [1.82, 2.24) is 10.2 Å². The van der Waals surface area contributed by atoms with Crippen LogP contribution < -0.4 is 5.32 Å². The predicted molar refractivity (Wildman–Crippen MR) is 91.8 cm³/mol. The quantitative estimate of drug-likeness (QED) is 0.813. The van der Waals surface area contributed by atoms with Crippen molar-refractivity contribution in [1.29, 1.82) is 0 Å². The number of rotatable bonds is 7. The van der Waals surface area contributed by atoms with Crippen molar-refractivity contribution in [3.8, 4) is 0 Å². The van der Waals surface area contributed by atoms with Crippen molar-refractivity contribution in [2.45, 2.75) is 53.0 Å². The lowest BCUT2D eigenvalue weighted by Crippen LogP contribution is -2.34. The minimum absolute atomic E-state index is 0.468. The molecule has 1 aromatic rings. The molecular weight excluding hydrogens is 256 g/mol. The van der Waals surface area contributed by atoms with Crippen molar-refractivity contribution in [2.75, 3.05) is 26.2 Å². The smallest absolute Gasteiger partial charge is 0.0451 e. The molecule has 0 aromatic heterocycles. The first kappa shape index (κ1) is 16.5. The van der Waals surface area contributed by atoms with Gasteiger partial charge in [0, 0.05) is 19.1 Å². The Bertz CT molecular complexity index is 441. The molecule has 1 heterocycles. The summed E-state index contributed by atoms with van der Waals surface area (Å²) in [6.45, 7) is 13.7. The maximum atomic E-state index is 3.70. The molecule has 0 radical (unpaired) electrons. The lowest BCUT2D eigenvalue weighted by molar-refractivity contribution is 0.281. The molecule has 2 unspecified atom stereocenters. The van der Waals surface area contributed by atoms with Gasteiger partial charge in [0.2, 0.25) is 0 Å². The second-order valence-electron chi connectivity index (χ2n) is 6.67. The van der Waals surface area contributed by atoms with Gasteiger partial charge >= 0.3 is 0 Å². The van der Waals surface area contributed by atoms with Crippen LogP contribution in [0.5, 0.6) is 0 Å². The molecule has 2 atom stereocenters. The van der Waals surface area contributed by atoms with Gasteiger partial charge in [-0.15, -0.1) is 0 Å². The first-order chi connectivity index (χ1) is 10.1. The molecule has 1 fully saturated rings. The summed E-state index contributed by atoms with van der Waals surface area (Å²) in [5.74, 6) is 0.927. The minimum Gasteiger partial charge on any atom is -0.309 e. The molecule has 0 bridgehead atoms. The fraction of sp³-hybridized carbons (Fsp3) is 0.684. The van der Waals surface area contributed by atoms with Gasteiger partial charge < -0.3 is 10.2 Å². The second kappa shape index (κ2) is 7.95. The van der Waals surface area contributed by atoms with Crippen molar-refractivity contribution >= 4 is 0 Å². The third-order valence-corrected chi connectivity index (χ3v) is 4.77. The second-order valence-corrected chi connectivity index (χ2v) is 6.67. The van der Waals surface area contributed by atoms with Crippen LogP contribution in [0.15, 0.2) is 18.2 Å². The van der Waals surface area contributed by atoms with E-state index in [-0.39, 0.29) is 0 Å². The topological polar surface area (TPSA) is 15.3 Å². The zero-order valence-corrected chi connectivity index (χ0v) is 14.3. The van der Waals surface area contributed by atoms with Crippen molar-refractivity contribution in [3.05, 3.63) is 34.9 Å². The summed E-state index contributed by atoms with van der Waals surface area (Å²) in [6.07, 6.45) is 4.11. The Balaban J connectivity index is 2.04. The van der Waals surface area contributed by atoms with Gasteiger partial charge in [-0.1, -0.05) is 44.0 Å². The van der Waals surface area contributed by atoms with E-state index in [2.05, 4.69) is 56.1 Å². The Morgan fingerprint density at radius 2 is 2.10 bits per heavy atom. The summed E-state index contributed by atoms with van der Waals surface area (Å²) in [7, 11) is 0. The molecule has 0 aliphatic carbocycles. The Hall–Kier alpha value is -0.860. The molecule has 1 aromatic carbocycles. The summed E-state index contributed by atoms with van der Waals surface area (Å²) in [5.41, 5.74) is 4.26. The third-order valence-electron chi connectivity index (χ3n) is 4.77. The Morgan fingerprint density at radius 3 is 2.81 bits per heavy atom. The van der Waals surface area contributed by atoms with Crippen molar-refractivity contribution < 1.29 is 0 Å². The third kappa shape index (κ3) is 4.55. The van der Waals surface area contributed by atoms with E-state index >= 15 is 0 Å². The van der Waals surface area contributed by atoms with Crippen LogP contribution in [0.4, 0.5) is 0 Å². The number of likely N-dealkylation sites (N-methyl/N-ethyl adjacent to an activating group) is 1. The number of nitrogens with one attached hydrogen (secondary N) is 1. The zero-order chi connectivity index (χ0) is 15.2. The Morgan fingerprint density at radius 1 is 1.29 bits per heavy atom. The molecule has 1 N–H and O–H groups in total. The minimum atomic E-state index is 0.468. The van der Waals surface area contributed by atoms with Gasteiger partial charge in [0.05, 0.1) is 0 Å². The Kier molecular flexibility index (Phi) is 6.25. The van der Waals surface area contributed by atoms with E-state index < -0.39 is 0 Å². The SMILES string of the molecule is CCCC1CCN(CC(NCC)c2cc(C)ccc2C)C1. The van der Waals surface area contributed by atoms with E-state index in [4.69, 9.17) is 0 Å².